The maximum absolute atomic E-state index is 13.7. The second-order valence-electron chi connectivity index (χ2n) is 11.9. The number of carbonyl (C=O) groups is 4. The van der Waals surface area contributed by atoms with E-state index in [4.69, 9.17) is 4.74 Å². The van der Waals surface area contributed by atoms with Crippen molar-refractivity contribution in [3.63, 3.8) is 0 Å². The molecule has 1 fully saturated rings. The number of hydrogen-bond donors (Lipinski definition) is 2. The molecular formula is C31H42N6O5. The number of hydrogen-bond acceptors (Lipinski definition) is 7. The summed E-state index contributed by atoms with van der Waals surface area (Å²) in [6.07, 6.45) is 5.43. The fraction of sp³-hybridized carbons (Fsp3) is 0.548. The average Bonchev–Trinajstić information content (AvgIpc) is 2.98. The summed E-state index contributed by atoms with van der Waals surface area (Å²) in [5.74, 6) is -1.55. The highest BCUT2D eigenvalue weighted by molar-refractivity contribution is 5.97. The van der Waals surface area contributed by atoms with Gasteiger partial charge in [0.2, 0.25) is 11.8 Å². The van der Waals surface area contributed by atoms with Crippen LogP contribution in [0.1, 0.15) is 69.1 Å². The number of ether oxygens (including phenoxy) is 1. The third kappa shape index (κ3) is 7.43. The van der Waals surface area contributed by atoms with Crippen LogP contribution in [0.2, 0.25) is 0 Å². The van der Waals surface area contributed by atoms with Crippen LogP contribution in [0.3, 0.4) is 0 Å². The molecule has 1 aromatic heterocycles. The van der Waals surface area contributed by atoms with Gasteiger partial charge in [-0.25, -0.2) is 9.78 Å². The number of carbonyl (C=O) groups excluding carboxylic acids is 4. The molecule has 42 heavy (non-hydrogen) atoms. The van der Waals surface area contributed by atoms with Crippen molar-refractivity contribution in [1.82, 2.24) is 30.4 Å². The number of fused-ring (bicyclic) bond motifs is 1. The van der Waals surface area contributed by atoms with Crippen molar-refractivity contribution in [2.45, 2.75) is 84.7 Å². The predicted octanol–water partition coefficient (Wildman–Crippen LogP) is 2.95. The number of piperidine rings is 1. The minimum absolute atomic E-state index is 0.106. The van der Waals surface area contributed by atoms with E-state index in [9.17, 15) is 19.2 Å². The topological polar surface area (TPSA) is 134 Å². The molecule has 11 nitrogen and oxygen atoms in total. The normalized spacial score (nSPS) is 20.0. The lowest BCUT2D eigenvalue weighted by Gasteiger charge is -2.40. The van der Waals surface area contributed by atoms with E-state index in [2.05, 4.69) is 26.7 Å². The van der Waals surface area contributed by atoms with Crippen LogP contribution in [0.5, 0.6) is 0 Å². The summed E-state index contributed by atoms with van der Waals surface area (Å²) >= 11 is 0. The van der Waals surface area contributed by atoms with Gasteiger partial charge >= 0.3 is 6.09 Å². The average molecular weight is 579 g/mol. The van der Waals surface area contributed by atoms with Crippen molar-refractivity contribution >= 4 is 23.8 Å². The smallest absolute Gasteiger partial charge is 0.410 e. The van der Waals surface area contributed by atoms with Gasteiger partial charge in [0.25, 0.3) is 5.91 Å². The number of nitrogens with zero attached hydrogens (tertiary/aromatic N) is 4. The van der Waals surface area contributed by atoms with Crippen LogP contribution in [0.4, 0.5) is 4.79 Å². The van der Waals surface area contributed by atoms with Crippen molar-refractivity contribution < 1.29 is 23.9 Å². The monoisotopic (exact) mass is 578 g/mol. The molecule has 1 saturated heterocycles. The van der Waals surface area contributed by atoms with E-state index in [0.717, 1.165) is 12.0 Å². The molecule has 11 heteroatoms. The Hall–Kier alpha value is -4.02. The maximum atomic E-state index is 13.7. The van der Waals surface area contributed by atoms with Crippen LogP contribution in [0, 0.1) is 11.8 Å². The molecule has 0 aliphatic carbocycles. The highest BCUT2D eigenvalue weighted by Crippen LogP contribution is 2.25. The number of amides is 4. The van der Waals surface area contributed by atoms with Crippen LogP contribution in [-0.4, -0.2) is 80.9 Å². The van der Waals surface area contributed by atoms with Gasteiger partial charge < -0.3 is 25.2 Å². The van der Waals surface area contributed by atoms with Crippen molar-refractivity contribution in [1.29, 1.82) is 0 Å². The molecule has 4 rings (SSSR count). The predicted molar refractivity (Wildman–Crippen MR) is 156 cm³/mol. The van der Waals surface area contributed by atoms with Gasteiger partial charge in [0, 0.05) is 50.9 Å². The first-order chi connectivity index (χ1) is 20.0. The fourth-order valence-electron chi connectivity index (χ4n) is 5.53. The minimum Gasteiger partial charge on any atom is -0.446 e. The number of benzene rings is 1. The SMILES string of the molecule is CC(C)C(NC(=O)[C@@H](NC(=O)c1cnccn1)C(C)C)C(=O)N1CC[C@H](OC(=O)N2CCc3ccccc3C2)C[C@H]1C. The molecule has 2 aliphatic rings. The molecule has 2 aromatic rings. The van der Waals surface area contributed by atoms with Crippen LogP contribution in [0.25, 0.3) is 0 Å². The second kappa shape index (κ2) is 13.8. The van der Waals surface area contributed by atoms with E-state index in [0.29, 0.717) is 32.5 Å². The number of rotatable bonds is 8. The molecule has 1 unspecified atom stereocenters. The molecule has 4 atom stereocenters. The lowest BCUT2D eigenvalue weighted by atomic mass is 9.95. The summed E-state index contributed by atoms with van der Waals surface area (Å²) < 4.78 is 5.88. The summed E-state index contributed by atoms with van der Waals surface area (Å²) in [7, 11) is 0. The van der Waals surface area contributed by atoms with E-state index in [1.54, 1.807) is 9.80 Å². The van der Waals surface area contributed by atoms with Crippen LogP contribution in [-0.2, 0) is 27.3 Å². The van der Waals surface area contributed by atoms with E-state index >= 15 is 0 Å². The first-order valence-electron chi connectivity index (χ1n) is 14.7. The molecule has 226 valence electrons. The Bertz CT molecular complexity index is 1270. The Morgan fingerprint density at radius 3 is 2.31 bits per heavy atom. The minimum atomic E-state index is -0.863. The number of likely N-dealkylation sites (tertiary alicyclic amines) is 1. The quantitative estimate of drug-likeness (QED) is 0.492. The standard InChI is InChI=1S/C31H42N6O5/c1-19(2)26(34-28(38)25-17-32-12-13-33-25)29(39)35-27(20(3)4)30(40)37-15-11-24(16-21(37)5)42-31(41)36-14-10-22-8-6-7-9-23(22)18-36/h6-9,12-13,17,19-21,24,26-27H,10-11,14-16,18H2,1-5H3,(H,34,38)(H,35,39)/t21-,24+,26+,27?/m1/s1. The zero-order chi connectivity index (χ0) is 30.4. The van der Waals surface area contributed by atoms with Crippen molar-refractivity contribution in [2.24, 2.45) is 11.8 Å². The Kier molecular flexibility index (Phi) is 10.1. The lowest BCUT2D eigenvalue weighted by molar-refractivity contribution is -0.142. The van der Waals surface area contributed by atoms with Crippen LogP contribution < -0.4 is 10.6 Å². The van der Waals surface area contributed by atoms with Crippen LogP contribution >= 0.6 is 0 Å². The maximum Gasteiger partial charge on any atom is 0.410 e. The lowest BCUT2D eigenvalue weighted by Crippen LogP contribution is -2.59. The molecule has 4 amide bonds. The molecule has 0 bridgehead atoms. The second-order valence-corrected chi connectivity index (χ2v) is 11.9. The van der Waals surface area contributed by atoms with Gasteiger partial charge in [-0.2, -0.15) is 0 Å². The molecule has 0 saturated carbocycles. The molecule has 0 spiro atoms. The summed E-state index contributed by atoms with van der Waals surface area (Å²) in [6, 6.07) is 6.31. The van der Waals surface area contributed by atoms with E-state index in [-0.39, 0.29) is 41.7 Å². The third-order valence-electron chi connectivity index (χ3n) is 8.03. The van der Waals surface area contributed by atoms with Crippen molar-refractivity contribution in [3.05, 3.63) is 59.7 Å². The molecular weight excluding hydrogens is 536 g/mol. The van der Waals surface area contributed by atoms with Gasteiger partial charge in [-0.05, 0) is 36.3 Å². The van der Waals surface area contributed by atoms with Crippen molar-refractivity contribution in [2.75, 3.05) is 13.1 Å². The molecule has 1 aromatic carbocycles. The van der Waals surface area contributed by atoms with Gasteiger partial charge in [0.15, 0.2) is 0 Å². The zero-order valence-corrected chi connectivity index (χ0v) is 25.1. The zero-order valence-electron chi connectivity index (χ0n) is 25.1. The van der Waals surface area contributed by atoms with E-state index in [1.807, 2.05) is 52.8 Å². The summed E-state index contributed by atoms with van der Waals surface area (Å²) in [4.78, 5) is 64.0. The fourth-order valence-corrected chi connectivity index (χ4v) is 5.53. The van der Waals surface area contributed by atoms with Gasteiger partial charge in [0.05, 0.1) is 6.20 Å². The van der Waals surface area contributed by atoms with E-state index < -0.39 is 23.9 Å². The van der Waals surface area contributed by atoms with Crippen LogP contribution in [0.15, 0.2) is 42.9 Å². The number of aromatic nitrogens is 2. The van der Waals surface area contributed by atoms with Gasteiger partial charge in [-0.3, -0.25) is 19.4 Å². The Morgan fingerprint density at radius 1 is 0.952 bits per heavy atom. The largest absolute Gasteiger partial charge is 0.446 e. The Labute approximate surface area is 247 Å². The summed E-state index contributed by atoms with van der Waals surface area (Å²) in [5.41, 5.74) is 2.51. The number of nitrogens with one attached hydrogen (secondary N) is 2. The van der Waals surface area contributed by atoms with Gasteiger partial charge in [0.1, 0.15) is 23.9 Å². The van der Waals surface area contributed by atoms with Gasteiger partial charge in [-0.1, -0.05) is 52.0 Å². The van der Waals surface area contributed by atoms with Crippen molar-refractivity contribution in [3.8, 4) is 0 Å². The molecule has 2 N–H and O–H groups in total. The Morgan fingerprint density at radius 2 is 1.67 bits per heavy atom. The third-order valence-corrected chi connectivity index (χ3v) is 8.03. The molecule has 2 aliphatic heterocycles. The first kappa shape index (κ1) is 30.9. The molecule has 3 heterocycles. The Balaban J connectivity index is 1.33. The first-order valence-corrected chi connectivity index (χ1v) is 14.7. The summed E-state index contributed by atoms with van der Waals surface area (Å²) in [5, 5.41) is 5.62. The highest BCUT2D eigenvalue weighted by atomic mass is 16.6. The highest BCUT2D eigenvalue weighted by Gasteiger charge is 2.38. The van der Waals surface area contributed by atoms with E-state index in [1.165, 1.54) is 24.2 Å². The molecule has 0 radical (unpaired) electrons. The van der Waals surface area contributed by atoms with Gasteiger partial charge in [-0.15, -0.1) is 0 Å². The summed E-state index contributed by atoms with van der Waals surface area (Å²) in [6.45, 7) is 10.9.